The number of nitrogens with zero attached hydrogens (tertiary/aromatic N) is 2. The van der Waals surface area contributed by atoms with Crippen molar-refractivity contribution >= 4 is 23.2 Å². The van der Waals surface area contributed by atoms with E-state index < -0.39 is 23.6 Å². The lowest BCUT2D eigenvalue weighted by Crippen LogP contribution is -2.50. The van der Waals surface area contributed by atoms with Crippen LogP contribution in [-0.4, -0.2) is 42.9 Å². The third-order valence-corrected chi connectivity index (χ3v) is 7.46. The molecule has 4 aromatic carbocycles. The smallest absolute Gasteiger partial charge is 0.416 e. The number of hydrogen-bond donors (Lipinski definition) is 1. The molecule has 0 saturated carbocycles. The van der Waals surface area contributed by atoms with Crippen molar-refractivity contribution in [2.24, 2.45) is 0 Å². The van der Waals surface area contributed by atoms with Gasteiger partial charge in [0, 0.05) is 54.2 Å². The number of carbonyl (C=O) groups excluding carboxylic acids is 2. The Bertz CT molecular complexity index is 1550. The Labute approximate surface area is 235 Å². The first-order valence-electron chi connectivity index (χ1n) is 13.3. The summed E-state index contributed by atoms with van der Waals surface area (Å²) >= 11 is 0. The largest absolute Gasteiger partial charge is 0.457 e. The summed E-state index contributed by atoms with van der Waals surface area (Å²) in [6.07, 6.45) is -4.52. The third kappa shape index (κ3) is 5.35. The molecule has 9 heteroatoms. The highest BCUT2D eigenvalue weighted by molar-refractivity contribution is 6.04. The van der Waals surface area contributed by atoms with Crippen LogP contribution in [0.1, 0.15) is 33.0 Å². The summed E-state index contributed by atoms with van der Waals surface area (Å²) in [7, 11) is 0. The number of fused-ring (bicyclic) bond motifs is 2. The summed E-state index contributed by atoms with van der Waals surface area (Å²) in [5.74, 6) is 0.391. The average molecular weight is 558 g/mol. The maximum Gasteiger partial charge on any atom is 0.416 e. The molecule has 1 N–H and O–H groups in total. The van der Waals surface area contributed by atoms with Crippen LogP contribution in [0.3, 0.4) is 0 Å². The minimum Gasteiger partial charge on any atom is -0.457 e. The second-order valence-electron chi connectivity index (χ2n) is 10.0. The Kier molecular flexibility index (Phi) is 6.86. The van der Waals surface area contributed by atoms with Crippen LogP contribution in [0.15, 0.2) is 97.1 Å². The van der Waals surface area contributed by atoms with Crippen LogP contribution >= 0.6 is 0 Å². The van der Waals surface area contributed by atoms with Gasteiger partial charge < -0.3 is 19.9 Å². The summed E-state index contributed by atoms with van der Waals surface area (Å²) in [4.78, 5) is 30.4. The molecule has 4 aromatic rings. The van der Waals surface area contributed by atoms with Crippen LogP contribution in [0.5, 0.6) is 11.5 Å². The molecule has 0 spiro atoms. The molecule has 2 heterocycles. The van der Waals surface area contributed by atoms with Crippen LogP contribution in [-0.2, 0) is 11.0 Å². The first kappa shape index (κ1) is 26.4. The first-order chi connectivity index (χ1) is 19.8. The van der Waals surface area contributed by atoms with E-state index in [1.807, 2.05) is 65.6 Å². The molecule has 0 aromatic heterocycles. The van der Waals surface area contributed by atoms with Crippen molar-refractivity contribution in [1.29, 1.82) is 0 Å². The summed E-state index contributed by atoms with van der Waals surface area (Å²) in [5.41, 5.74) is 2.18. The number of nitrogens with one attached hydrogen (secondary N) is 1. The molecule has 6 nitrogen and oxygen atoms in total. The fourth-order valence-electron chi connectivity index (χ4n) is 5.34. The number of hydrogen-bond acceptors (Lipinski definition) is 4. The van der Waals surface area contributed by atoms with E-state index >= 15 is 0 Å². The van der Waals surface area contributed by atoms with Crippen molar-refractivity contribution in [3.8, 4) is 11.5 Å². The minimum atomic E-state index is -4.52. The molecule has 1 saturated heterocycles. The minimum absolute atomic E-state index is 0.0421. The number of ether oxygens (including phenoxy) is 1. The highest BCUT2D eigenvalue weighted by Crippen LogP contribution is 2.44. The highest BCUT2D eigenvalue weighted by Gasteiger charge is 2.36. The number of halogens is 3. The zero-order chi connectivity index (χ0) is 28.6. The van der Waals surface area contributed by atoms with Gasteiger partial charge in [-0.25, -0.2) is 0 Å². The molecule has 2 amide bonds. The van der Waals surface area contributed by atoms with E-state index in [9.17, 15) is 22.8 Å². The topological polar surface area (TPSA) is 61.9 Å². The van der Waals surface area contributed by atoms with Gasteiger partial charge in [-0.05, 0) is 54.6 Å². The van der Waals surface area contributed by atoms with Crippen molar-refractivity contribution in [3.63, 3.8) is 0 Å². The molecule has 2 aliphatic rings. The molecule has 0 radical (unpaired) electrons. The second kappa shape index (κ2) is 10.6. The van der Waals surface area contributed by atoms with Crippen LogP contribution in [0, 0.1) is 0 Å². The van der Waals surface area contributed by atoms with E-state index in [0.717, 1.165) is 28.9 Å². The maximum absolute atomic E-state index is 13.8. The first-order valence-corrected chi connectivity index (χ1v) is 13.3. The van der Waals surface area contributed by atoms with E-state index in [1.54, 1.807) is 12.1 Å². The Morgan fingerprint density at radius 2 is 1.37 bits per heavy atom. The van der Waals surface area contributed by atoms with Gasteiger partial charge >= 0.3 is 6.18 Å². The lowest BCUT2D eigenvalue weighted by atomic mass is 9.86. The van der Waals surface area contributed by atoms with Gasteiger partial charge in [0.25, 0.3) is 5.91 Å². The average Bonchev–Trinajstić information content (AvgIpc) is 2.99. The Morgan fingerprint density at radius 1 is 0.756 bits per heavy atom. The van der Waals surface area contributed by atoms with E-state index in [0.29, 0.717) is 43.4 Å². The molecule has 0 unspecified atom stereocenters. The SMILES string of the molecule is O=C(Nc1ccc(N2CCN(C(=O)C3c4ccccc4Oc4ccccc43)CC2)cc1)c1cccc(C(F)(F)F)c1. The van der Waals surface area contributed by atoms with Gasteiger partial charge in [0.1, 0.15) is 11.5 Å². The predicted octanol–water partition coefficient (Wildman–Crippen LogP) is 6.54. The molecule has 208 valence electrons. The lowest BCUT2D eigenvalue weighted by Gasteiger charge is -2.38. The van der Waals surface area contributed by atoms with Gasteiger partial charge in [-0.1, -0.05) is 42.5 Å². The lowest BCUT2D eigenvalue weighted by molar-refractivity contribution is -0.137. The Morgan fingerprint density at radius 3 is 1.98 bits per heavy atom. The molecule has 2 aliphatic heterocycles. The fourth-order valence-corrected chi connectivity index (χ4v) is 5.34. The second-order valence-corrected chi connectivity index (χ2v) is 10.0. The summed E-state index contributed by atoms with van der Waals surface area (Å²) < 4.78 is 45.0. The zero-order valence-corrected chi connectivity index (χ0v) is 21.9. The summed E-state index contributed by atoms with van der Waals surface area (Å²) in [5, 5.41) is 2.65. The highest BCUT2D eigenvalue weighted by atomic mass is 19.4. The van der Waals surface area contributed by atoms with Gasteiger partial charge in [-0.15, -0.1) is 0 Å². The molecule has 0 aliphatic carbocycles. The maximum atomic E-state index is 13.8. The molecule has 6 rings (SSSR count). The van der Waals surface area contributed by atoms with Crippen LogP contribution in [0.25, 0.3) is 0 Å². The number of amides is 2. The van der Waals surface area contributed by atoms with Gasteiger partial charge in [0.05, 0.1) is 11.5 Å². The molecule has 1 fully saturated rings. The van der Waals surface area contributed by atoms with Crippen LogP contribution < -0.4 is 15.0 Å². The van der Waals surface area contributed by atoms with Gasteiger partial charge in [-0.3, -0.25) is 9.59 Å². The molecule has 0 bridgehead atoms. The number of alkyl halides is 3. The van der Waals surface area contributed by atoms with Crippen molar-refractivity contribution in [3.05, 3.63) is 119 Å². The fraction of sp³-hybridized carbons (Fsp3) is 0.188. The molecule has 41 heavy (non-hydrogen) atoms. The van der Waals surface area contributed by atoms with Crippen LogP contribution in [0.4, 0.5) is 24.5 Å². The Hall–Kier alpha value is -4.79. The molecular weight excluding hydrogens is 531 g/mol. The van der Waals surface area contributed by atoms with Crippen molar-refractivity contribution in [1.82, 2.24) is 4.90 Å². The summed E-state index contributed by atoms with van der Waals surface area (Å²) in [6.45, 7) is 2.37. The third-order valence-electron chi connectivity index (χ3n) is 7.46. The predicted molar refractivity (Wildman–Crippen MR) is 149 cm³/mol. The zero-order valence-electron chi connectivity index (χ0n) is 21.9. The van der Waals surface area contributed by atoms with E-state index in [4.69, 9.17) is 4.74 Å². The number of anilines is 2. The van der Waals surface area contributed by atoms with Crippen LogP contribution in [0.2, 0.25) is 0 Å². The standard InChI is InChI=1S/C32H26F3N3O3/c33-32(34,35)22-7-5-6-21(20-22)30(39)36-23-12-14-24(15-13-23)37-16-18-38(19-17-37)31(40)29-25-8-1-3-10-27(25)41-28-11-4-2-9-26(28)29/h1-15,20,29H,16-19H2,(H,36,39). The number of carbonyl (C=O) groups is 2. The van der Waals surface area contributed by atoms with Gasteiger partial charge in [0.15, 0.2) is 0 Å². The van der Waals surface area contributed by atoms with Crippen molar-refractivity contribution < 1.29 is 27.5 Å². The quantitative estimate of drug-likeness (QED) is 0.309. The van der Waals surface area contributed by atoms with Crippen molar-refractivity contribution in [2.45, 2.75) is 12.1 Å². The van der Waals surface area contributed by atoms with Gasteiger partial charge in [-0.2, -0.15) is 13.2 Å². The van der Waals surface area contributed by atoms with E-state index in [1.165, 1.54) is 12.1 Å². The molecular formula is C32H26F3N3O3. The summed E-state index contributed by atoms with van der Waals surface area (Å²) in [6, 6.07) is 26.7. The van der Waals surface area contributed by atoms with E-state index in [2.05, 4.69) is 10.2 Å². The molecule has 0 atom stereocenters. The number of benzene rings is 4. The number of para-hydroxylation sites is 2. The number of rotatable bonds is 4. The monoisotopic (exact) mass is 557 g/mol. The van der Waals surface area contributed by atoms with Crippen molar-refractivity contribution in [2.75, 3.05) is 36.4 Å². The Balaban J connectivity index is 1.10. The van der Waals surface area contributed by atoms with E-state index in [-0.39, 0.29) is 11.5 Å². The number of piperazine rings is 1. The normalized spacial score (nSPS) is 15.0. The van der Waals surface area contributed by atoms with Gasteiger partial charge in [0.2, 0.25) is 5.91 Å².